The van der Waals surface area contributed by atoms with Crippen molar-refractivity contribution in [1.82, 2.24) is 9.80 Å². The lowest BCUT2D eigenvalue weighted by molar-refractivity contribution is -0.141. The van der Waals surface area contributed by atoms with E-state index >= 15 is 0 Å². The highest BCUT2D eigenvalue weighted by Crippen LogP contribution is 2.24. The van der Waals surface area contributed by atoms with Crippen LogP contribution in [-0.4, -0.2) is 58.9 Å². The molecule has 0 unspecified atom stereocenters. The van der Waals surface area contributed by atoms with Gasteiger partial charge in [-0.1, -0.05) is 24.6 Å². The minimum absolute atomic E-state index is 0.0367. The Labute approximate surface area is 160 Å². The summed E-state index contributed by atoms with van der Waals surface area (Å²) < 4.78 is 0. The van der Waals surface area contributed by atoms with Crippen molar-refractivity contribution in [2.45, 2.75) is 44.9 Å². The normalized spacial score (nSPS) is 19.0. The Balaban J connectivity index is 1.50. The summed E-state index contributed by atoms with van der Waals surface area (Å²) in [5.74, 6) is -0.370. The average Bonchev–Trinajstić information content (AvgIpc) is 2.87. The van der Waals surface area contributed by atoms with Crippen LogP contribution in [0.4, 0.5) is 0 Å². The number of piperidine rings is 1. The molecule has 0 bridgehead atoms. The zero-order chi connectivity index (χ0) is 19.2. The molecular weight excluding hydrogens is 344 g/mol. The van der Waals surface area contributed by atoms with Gasteiger partial charge < -0.3 is 14.9 Å². The number of carbonyl (C=O) groups excluding carboxylic acids is 2. The molecule has 0 radical (unpaired) electrons. The van der Waals surface area contributed by atoms with Crippen molar-refractivity contribution in [2.24, 2.45) is 5.92 Å². The van der Waals surface area contributed by atoms with E-state index < -0.39 is 5.97 Å². The predicted octanol–water partition coefficient (Wildman–Crippen LogP) is 2.57. The summed E-state index contributed by atoms with van der Waals surface area (Å²) >= 11 is 0. The van der Waals surface area contributed by atoms with E-state index in [4.69, 9.17) is 0 Å². The van der Waals surface area contributed by atoms with Crippen molar-refractivity contribution in [3.8, 4) is 0 Å². The van der Waals surface area contributed by atoms with Gasteiger partial charge in [-0.15, -0.1) is 0 Å². The van der Waals surface area contributed by atoms with E-state index in [2.05, 4.69) is 0 Å². The number of hydrogen-bond donors (Lipinski definition) is 1. The van der Waals surface area contributed by atoms with Crippen molar-refractivity contribution in [3.05, 3.63) is 35.4 Å². The lowest BCUT2D eigenvalue weighted by atomic mass is 9.88. The maximum Gasteiger partial charge on any atom is 0.335 e. The van der Waals surface area contributed by atoms with E-state index in [9.17, 15) is 19.5 Å². The van der Waals surface area contributed by atoms with Gasteiger partial charge in [-0.2, -0.15) is 0 Å². The second-order valence-electron chi connectivity index (χ2n) is 7.62. The Morgan fingerprint density at radius 3 is 2.52 bits per heavy atom. The first-order valence-corrected chi connectivity index (χ1v) is 9.91. The maximum absolute atomic E-state index is 12.6. The number of benzene rings is 1. The zero-order valence-corrected chi connectivity index (χ0v) is 15.7. The first kappa shape index (κ1) is 19.4. The van der Waals surface area contributed by atoms with Crippen LogP contribution < -0.4 is 0 Å². The van der Waals surface area contributed by atoms with Gasteiger partial charge >= 0.3 is 5.97 Å². The third-order valence-electron chi connectivity index (χ3n) is 5.72. The molecule has 0 aliphatic carbocycles. The van der Waals surface area contributed by atoms with Crippen molar-refractivity contribution in [1.29, 1.82) is 0 Å². The molecule has 0 atom stereocenters. The summed E-state index contributed by atoms with van der Waals surface area (Å²) in [5, 5.41) is 9.32. The summed E-state index contributed by atoms with van der Waals surface area (Å²) in [7, 11) is 0. The molecule has 2 fully saturated rings. The standard InChI is InChI=1S/C21H28N2O4/c24-19-8-2-1-5-11-23(19)15-20(25)22-12-9-16(10-13-22)14-17-6-3-4-7-18(17)21(26)27/h3-4,6-7,16H,1-2,5,8-15H2,(H,26,27). The van der Waals surface area contributed by atoms with Crippen LogP contribution in [0.1, 0.15) is 54.4 Å². The molecular formula is C21H28N2O4. The van der Waals surface area contributed by atoms with Crippen LogP contribution in [-0.2, 0) is 16.0 Å². The van der Waals surface area contributed by atoms with Crippen molar-refractivity contribution in [2.75, 3.05) is 26.2 Å². The van der Waals surface area contributed by atoms with E-state index in [1.165, 1.54) is 0 Å². The monoisotopic (exact) mass is 372 g/mol. The maximum atomic E-state index is 12.6. The minimum Gasteiger partial charge on any atom is -0.478 e. The van der Waals surface area contributed by atoms with Gasteiger partial charge in [0.2, 0.25) is 11.8 Å². The van der Waals surface area contributed by atoms with Gasteiger partial charge in [0.15, 0.2) is 0 Å². The molecule has 146 valence electrons. The number of aromatic carboxylic acids is 1. The lowest BCUT2D eigenvalue weighted by Gasteiger charge is -2.33. The van der Waals surface area contributed by atoms with Gasteiger partial charge in [-0.3, -0.25) is 9.59 Å². The topological polar surface area (TPSA) is 77.9 Å². The van der Waals surface area contributed by atoms with Gasteiger partial charge in [0.25, 0.3) is 0 Å². The van der Waals surface area contributed by atoms with Crippen LogP contribution in [0.2, 0.25) is 0 Å². The predicted molar refractivity (Wildman–Crippen MR) is 101 cm³/mol. The van der Waals surface area contributed by atoms with E-state index in [1.807, 2.05) is 17.0 Å². The summed E-state index contributed by atoms with van der Waals surface area (Å²) in [6.07, 6.45) is 5.98. The second kappa shape index (κ2) is 9.02. The number of rotatable bonds is 5. The summed E-state index contributed by atoms with van der Waals surface area (Å²) in [4.78, 5) is 39.6. The summed E-state index contributed by atoms with van der Waals surface area (Å²) in [5.41, 5.74) is 1.24. The quantitative estimate of drug-likeness (QED) is 0.862. The largest absolute Gasteiger partial charge is 0.478 e. The molecule has 2 saturated heterocycles. The number of nitrogens with zero attached hydrogens (tertiary/aromatic N) is 2. The molecule has 0 spiro atoms. The van der Waals surface area contributed by atoms with E-state index in [0.717, 1.165) is 44.1 Å². The molecule has 6 heteroatoms. The van der Waals surface area contributed by atoms with Crippen molar-refractivity contribution in [3.63, 3.8) is 0 Å². The zero-order valence-electron chi connectivity index (χ0n) is 15.7. The third-order valence-corrected chi connectivity index (χ3v) is 5.72. The fraction of sp³-hybridized carbons (Fsp3) is 0.571. The van der Waals surface area contributed by atoms with Gasteiger partial charge in [-0.25, -0.2) is 4.79 Å². The molecule has 2 amide bonds. The van der Waals surface area contributed by atoms with E-state index in [1.54, 1.807) is 17.0 Å². The Hall–Kier alpha value is -2.37. The lowest BCUT2D eigenvalue weighted by Crippen LogP contribution is -2.45. The van der Waals surface area contributed by atoms with Crippen LogP contribution in [0, 0.1) is 5.92 Å². The smallest absolute Gasteiger partial charge is 0.335 e. The summed E-state index contributed by atoms with van der Waals surface area (Å²) in [6.45, 7) is 2.25. The molecule has 0 aromatic heterocycles. The molecule has 1 aromatic rings. The number of amides is 2. The SMILES string of the molecule is O=C(O)c1ccccc1CC1CCN(C(=O)CN2CCCCCC2=O)CC1. The van der Waals surface area contributed by atoms with E-state index in [-0.39, 0.29) is 18.4 Å². The Morgan fingerprint density at radius 1 is 1.04 bits per heavy atom. The van der Waals surface area contributed by atoms with E-state index in [0.29, 0.717) is 37.5 Å². The highest BCUT2D eigenvalue weighted by molar-refractivity contribution is 5.89. The molecule has 2 aliphatic rings. The minimum atomic E-state index is -0.889. The molecule has 27 heavy (non-hydrogen) atoms. The van der Waals surface area contributed by atoms with Gasteiger partial charge in [0.1, 0.15) is 0 Å². The highest BCUT2D eigenvalue weighted by atomic mass is 16.4. The number of carboxylic acids is 1. The number of carbonyl (C=O) groups is 3. The fourth-order valence-corrected chi connectivity index (χ4v) is 4.07. The van der Waals surface area contributed by atoms with Crippen LogP contribution >= 0.6 is 0 Å². The summed E-state index contributed by atoms with van der Waals surface area (Å²) in [6, 6.07) is 7.15. The Kier molecular flexibility index (Phi) is 6.48. The Morgan fingerprint density at radius 2 is 1.78 bits per heavy atom. The highest BCUT2D eigenvalue weighted by Gasteiger charge is 2.26. The third kappa shape index (κ3) is 5.08. The van der Waals surface area contributed by atoms with Crippen LogP contribution in [0.5, 0.6) is 0 Å². The second-order valence-corrected chi connectivity index (χ2v) is 7.62. The average molecular weight is 372 g/mol. The molecule has 2 aliphatic heterocycles. The van der Waals surface area contributed by atoms with Crippen LogP contribution in [0.15, 0.2) is 24.3 Å². The molecule has 2 heterocycles. The van der Waals surface area contributed by atoms with Gasteiger partial charge in [0.05, 0.1) is 12.1 Å². The molecule has 1 aromatic carbocycles. The number of likely N-dealkylation sites (tertiary alicyclic amines) is 2. The Bertz CT molecular complexity index is 695. The van der Waals surface area contributed by atoms with Crippen molar-refractivity contribution < 1.29 is 19.5 Å². The fourth-order valence-electron chi connectivity index (χ4n) is 4.07. The van der Waals surface area contributed by atoms with Crippen LogP contribution in [0.25, 0.3) is 0 Å². The first-order chi connectivity index (χ1) is 13.0. The first-order valence-electron chi connectivity index (χ1n) is 9.91. The van der Waals surface area contributed by atoms with Crippen molar-refractivity contribution >= 4 is 17.8 Å². The molecule has 1 N–H and O–H groups in total. The molecule has 6 nitrogen and oxygen atoms in total. The van der Waals surface area contributed by atoms with Crippen LogP contribution in [0.3, 0.4) is 0 Å². The van der Waals surface area contributed by atoms with Gasteiger partial charge in [-0.05, 0) is 49.7 Å². The molecule has 3 rings (SSSR count). The molecule has 0 saturated carbocycles. The number of hydrogen-bond acceptors (Lipinski definition) is 3. The van der Waals surface area contributed by atoms with Gasteiger partial charge in [0, 0.05) is 26.1 Å². The number of carboxylic acid groups (broad SMARTS) is 1.